The Bertz CT molecular complexity index is 271. The first-order valence-corrected chi connectivity index (χ1v) is 6.45. The van der Waals surface area contributed by atoms with Gasteiger partial charge >= 0.3 is 0 Å². The van der Waals surface area contributed by atoms with Crippen LogP contribution in [0.2, 0.25) is 0 Å². The van der Waals surface area contributed by atoms with Crippen molar-refractivity contribution >= 4 is 11.3 Å². The van der Waals surface area contributed by atoms with Crippen LogP contribution in [-0.2, 0) is 5.54 Å². The van der Waals surface area contributed by atoms with Gasteiger partial charge in [0, 0.05) is 4.88 Å². The van der Waals surface area contributed by atoms with Crippen LogP contribution in [0.4, 0.5) is 0 Å². The van der Waals surface area contributed by atoms with Gasteiger partial charge in [-0.15, -0.1) is 11.3 Å². The summed E-state index contributed by atoms with van der Waals surface area (Å²) in [5.74, 6) is 0.923. The zero-order chi connectivity index (χ0) is 10.0. The third-order valence-electron chi connectivity index (χ3n) is 3.59. The molecule has 1 heterocycles. The van der Waals surface area contributed by atoms with E-state index in [1.165, 1.54) is 37.0 Å². The minimum atomic E-state index is -0.000162. The summed E-state index contributed by atoms with van der Waals surface area (Å²) < 4.78 is 0. The molecule has 2 rings (SSSR count). The number of hydrogen-bond donors (Lipinski definition) is 1. The molecule has 1 nitrogen and oxygen atoms in total. The van der Waals surface area contributed by atoms with Crippen molar-refractivity contribution in [2.45, 2.75) is 44.6 Å². The smallest absolute Gasteiger partial charge is 0.0503 e. The molecule has 0 radical (unpaired) electrons. The molecule has 14 heavy (non-hydrogen) atoms. The predicted molar refractivity (Wildman–Crippen MR) is 62.4 cm³/mol. The molecule has 1 aromatic rings. The fraction of sp³-hybridized carbons (Fsp3) is 0.667. The standard InChI is InChI=1S/C12H19NS/c1-2-10-5-7-12(13,8-6-10)11-4-3-9-14-11/h3-4,9-10H,2,5-8,13H2,1H3. The maximum absolute atomic E-state index is 6.45. The summed E-state index contributed by atoms with van der Waals surface area (Å²) in [7, 11) is 0. The fourth-order valence-electron chi connectivity index (χ4n) is 2.41. The Morgan fingerprint density at radius 2 is 2.21 bits per heavy atom. The highest BCUT2D eigenvalue weighted by molar-refractivity contribution is 7.10. The summed E-state index contributed by atoms with van der Waals surface area (Å²) in [6.45, 7) is 2.29. The molecule has 2 N–H and O–H groups in total. The molecular weight excluding hydrogens is 190 g/mol. The molecule has 1 saturated carbocycles. The van der Waals surface area contributed by atoms with E-state index in [9.17, 15) is 0 Å². The second-order valence-electron chi connectivity index (χ2n) is 4.49. The lowest BCUT2D eigenvalue weighted by Crippen LogP contribution is -2.39. The van der Waals surface area contributed by atoms with E-state index in [2.05, 4.69) is 24.4 Å². The molecule has 0 spiro atoms. The van der Waals surface area contributed by atoms with Gasteiger partial charge in [-0.2, -0.15) is 0 Å². The average molecular weight is 209 g/mol. The second kappa shape index (κ2) is 4.03. The van der Waals surface area contributed by atoms with E-state index in [4.69, 9.17) is 5.73 Å². The summed E-state index contributed by atoms with van der Waals surface area (Å²) >= 11 is 1.81. The van der Waals surface area contributed by atoms with Crippen molar-refractivity contribution in [3.8, 4) is 0 Å². The lowest BCUT2D eigenvalue weighted by atomic mass is 9.75. The molecule has 0 unspecified atom stereocenters. The highest BCUT2D eigenvalue weighted by Crippen LogP contribution is 2.40. The van der Waals surface area contributed by atoms with Crippen molar-refractivity contribution in [3.05, 3.63) is 22.4 Å². The van der Waals surface area contributed by atoms with Gasteiger partial charge in [-0.3, -0.25) is 0 Å². The van der Waals surface area contributed by atoms with Crippen LogP contribution in [-0.4, -0.2) is 0 Å². The normalized spacial score (nSPS) is 33.1. The average Bonchev–Trinajstić information content (AvgIpc) is 2.72. The van der Waals surface area contributed by atoms with Gasteiger partial charge in [-0.1, -0.05) is 19.4 Å². The summed E-state index contributed by atoms with van der Waals surface area (Å²) in [5, 5.41) is 2.13. The van der Waals surface area contributed by atoms with Crippen LogP contribution in [0.5, 0.6) is 0 Å². The number of nitrogens with two attached hydrogens (primary N) is 1. The van der Waals surface area contributed by atoms with Crippen molar-refractivity contribution in [1.29, 1.82) is 0 Å². The van der Waals surface area contributed by atoms with Crippen LogP contribution in [0, 0.1) is 5.92 Å². The summed E-state index contributed by atoms with van der Waals surface area (Å²) in [6.07, 6.45) is 6.29. The molecule has 0 bridgehead atoms. The van der Waals surface area contributed by atoms with Crippen molar-refractivity contribution in [3.63, 3.8) is 0 Å². The fourth-order valence-corrected chi connectivity index (χ4v) is 3.31. The van der Waals surface area contributed by atoms with Crippen molar-refractivity contribution in [2.75, 3.05) is 0 Å². The van der Waals surface area contributed by atoms with E-state index >= 15 is 0 Å². The molecular formula is C12H19NS. The van der Waals surface area contributed by atoms with E-state index in [1.54, 1.807) is 0 Å². The number of rotatable bonds is 2. The number of hydrogen-bond acceptors (Lipinski definition) is 2. The molecule has 2 heteroatoms. The summed E-state index contributed by atoms with van der Waals surface area (Å²) in [6, 6.07) is 4.30. The Morgan fingerprint density at radius 1 is 1.50 bits per heavy atom. The minimum absolute atomic E-state index is 0.000162. The SMILES string of the molecule is CCC1CCC(N)(c2cccs2)CC1. The van der Waals surface area contributed by atoms with Gasteiger partial charge in [0.05, 0.1) is 5.54 Å². The molecule has 1 aromatic heterocycles. The maximum Gasteiger partial charge on any atom is 0.0503 e. The first-order chi connectivity index (χ1) is 6.74. The first-order valence-electron chi connectivity index (χ1n) is 5.57. The van der Waals surface area contributed by atoms with Gasteiger partial charge < -0.3 is 5.73 Å². The Balaban J connectivity index is 2.06. The highest BCUT2D eigenvalue weighted by Gasteiger charge is 2.33. The maximum atomic E-state index is 6.45. The van der Waals surface area contributed by atoms with E-state index in [0.717, 1.165) is 5.92 Å². The summed E-state index contributed by atoms with van der Waals surface area (Å²) in [4.78, 5) is 1.38. The Hall–Kier alpha value is -0.340. The van der Waals surface area contributed by atoms with Crippen molar-refractivity contribution in [2.24, 2.45) is 11.7 Å². The molecule has 0 aromatic carbocycles. The summed E-state index contributed by atoms with van der Waals surface area (Å²) in [5.41, 5.74) is 6.45. The predicted octanol–water partition coefficient (Wildman–Crippen LogP) is 3.50. The topological polar surface area (TPSA) is 26.0 Å². The van der Waals surface area contributed by atoms with Crippen LogP contribution in [0.3, 0.4) is 0 Å². The molecule has 0 aliphatic heterocycles. The molecule has 1 aliphatic rings. The quantitative estimate of drug-likeness (QED) is 0.792. The molecule has 1 fully saturated rings. The van der Waals surface area contributed by atoms with E-state index in [1.807, 2.05) is 11.3 Å². The highest BCUT2D eigenvalue weighted by atomic mass is 32.1. The molecule has 1 aliphatic carbocycles. The van der Waals surface area contributed by atoms with Crippen LogP contribution < -0.4 is 5.73 Å². The van der Waals surface area contributed by atoms with E-state index in [0.29, 0.717) is 0 Å². The second-order valence-corrected chi connectivity index (χ2v) is 5.43. The van der Waals surface area contributed by atoms with Gasteiger partial charge in [0.15, 0.2) is 0 Å². The molecule has 0 atom stereocenters. The number of thiophene rings is 1. The van der Waals surface area contributed by atoms with E-state index in [-0.39, 0.29) is 5.54 Å². The third kappa shape index (κ3) is 1.86. The monoisotopic (exact) mass is 209 g/mol. The van der Waals surface area contributed by atoms with E-state index < -0.39 is 0 Å². The van der Waals surface area contributed by atoms with Gasteiger partial charge in [0.1, 0.15) is 0 Å². The Kier molecular flexibility index (Phi) is 2.93. The van der Waals surface area contributed by atoms with Crippen molar-refractivity contribution < 1.29 is 0 Å². The molecule has 0 saturated heterocycles. The lowest BCUT2D eigenvalue weighted by Gasteiger charge is -2.36. The third-order valence-corrected chi connectivity index (χ3v) is 4.68. The van der Waals surface area contributed by atoms with Crippen molar-refractivity contribution in [1.82, 2.24) is 0 Å². The zero-order valence-electron chi connectivity index (χ0n) is 8.83. The van der Waals surface area contributed by atoms with Crippen LogP contribution in [0.25, 0.3) is 0 Å². The molecule has 78 valence electrons. The largest absolute Gasteiger partial charge is 0.321 e. The van der Waals surface area contributed by atoms with Gasteiger partial charge in [-0.05, 0) is 43.0 Å². The van der Waals surface area contributed by atoms with Crippen LogP contribution >= 0.6 is 11.3 Å². The zero-order valence-corrected chi connectivity index (χ0v) is 9.65. The van der Waals surface area contributed by atoms with Gasteiger partial charge in [-0.25, -0.2) is 0 Å². The van der Waals surface area contributed by atoms with Crippen LogP contribution in [0.1, 0.15) is 43.9 Å². The lowest BCUT2D eigenvalue weighted by molar-refractivity contribution is 0.235. The Labute approximate surface area is 90.3 Å². The Morgan fingerprint density at radius 3 is 2.71 bits per heavy atom. The molecule has 0 amide bonds. The van der Waals surface area contributed by atoms with Gasteiger partial charge in [0.25, 0.3) is 0 Å². The first kappa shape index (κ1) is 10.2. The minimum Gasteiger partial charge on any atom is -0.321 e. The van der Waals surface area contributed by atoms with Crippen LogP contribution in [0.15, 0.2) is 17.5 Å². The van der Waals surface area contributed by atoms with Gasteiger partial charge in [0.2, 0.25) is 0 Å².